The number of nitrogens with zero attached hydrogens (tertiary/aromatic N) is 3. The molecule has 0 saturated carbocycles. The standard InChI is InChI=1S/C13H17ClN4/c1-8(2)18-13(16-7-17-18)12(15)10-5-4-9(3)11(14)6-10/h4-8,12H,15H2,1-3H3. The highest BCUT2D eigenvalue weighted by molar-refractivity contribution is 6.31. The summed E-state index contributed by atoms with van der Waals surface area (Å²) in [6, 6.07) is 5.75. The molecule has 0 amide bonds. The summed E-state index contributed by atoms with van der Waals surface area (Å²) in [5.41, 5.74) is 8.22. The van der Waals surface area contributed by atoms with Gasteiger partial charge in [-0.25, -0.2) is 9.67 Å². The van der Waals surface area contributed by atoms with Gasteiger partial charge in [-0.2, -0.15) is 5.10 Å². The van der Waals surface area contributed by atoms with Gasteiger partial charge in [0.1, 0.15) is 12.2 Å². The van der Waals surface area contributed by atoms with Gasteiger partial charge in [0.25, 0.3) is 0 Å². The third kappa shape index (κ3) is 2.40. The molecule has 1 heterocycles. The fraction of sp³-hybridized carbons (Fsp3) is 0.385. The molecule has 0 bridgehead atoms. The fourth-order valence-corrected chi connectivity index (χ4v) is 2.02. The monoisotopic (exact) mass is 264 g/mol. The summed E-state index contributed by atoms with van der Waals surface area (Å²) < 4.78 is 1.83. The molecule has 2 rings (SSSR count). The van der Waals surface area contributed by atoms with Crippen molar-refractivity contribution in [3.8, 4) is 0 Å². The van der Waals surface area contributed by atoms with E-state index in [0.29, 0.717) is 0 Å². The molecule has 0 aliphatic rings. The van der Waals surface area contributed by atoms with Crippen molar-refractivity contribution < 1.29 is 0 Å². The van der Waals surface area contributed by atoms with Crippen molar-refractivity contribution in [2.45, 2.75) is 32.9 Å². The fourth-order valence-electron chi connectivity index (χ4n) is 1.83. The Morgan fingerprint density at radius 2 is 2.06 bits per heavy atom. The van der Waals surface area contributed by atoms with Gasteiger partial charge >= 0.3 is 0 Å². The summed E-state index contributed by atoms with van der Waals surface area (Å²) in [6.45, 7) is 6.06. The van der Waals surface area contributed by atoms with Crippen LogP contribution in [0.2, 0.25) is 5.02 Å². The van der Waals surface area contributed by atoms with E-state index in [1.807, 2.05) is 43.7 Å². The van der Waals surface area contributed by atoms with Crippen LogP contribution in [-0.2, 0) is 0 Å². The highest BCUT2D eigenvalue weighted by atomic mass is 35.5. The molecule has 0 radical (unpaired) electrons. The van der Waals surface area contributed by atoms with Crippen LogP contribution in [0.15, 0.2) is 24.5 Å². The van der Waals surface area contributed by atoms with Crippen molar-refractivity contribution in [1.82, 2.24) is 14.8 Å². The predicted octanol–water partition coefficient (Wildman–Crippen LogP) is 2.87. The Balaban J connectivity index is 2.38. The van der Waals surface area contributed by atoms with Crippen LogP contribution < -0.4 is 5.73 Å². The van der Waals surface area contributed by atoms with Gasteiger partial charge in [0.05, 0.1) is 6.04 Å². The number of rotatable bonds is 3. The Labute approximate surface area is 112 Å². The van der Waals surface area contributed by atoms with Gasteiger partial charge < -0.3 is 5.73 Å². The smallest absolute Gasteiger partial charge is 0.148 e. The molecule has 1 aromatic carbocycles. The average Bonchev–Trinajstić information content (AvgIpc) is 2.81. The van der Waals surface area contributed by atoms with Gasteiger partial charge in [0.15, 0.2) is 0 Å². The first-order chi connectivity index (χ1) is 8.50. The molecular weight excluding hydrogens is 248 g/mol. The van der Waals surface area contributed by atoms with Crippen LogP contribution in [0.4, 0.5) is 0 Å². The van der Waals surface area contributed by atoms with E-state index in [-0.39, 0.29) is 12.1 Å². The van der Waals surface area contributed by atoms with E-state index >= 15 is 0 Å². The van der Waals surface area contributed by atoms with Gasteiger partial charge in [-0.05, 0) is 38.0 Å². The van der Waals surface area contributed by atoms with Crippen LogP contribution in [0.1, 0.15) is 42.9 Å². The van der Waals surface area contributed by atoms with Crippen molar-refractivity contribution in [2.75, 3.05) is 0 Å². The van der Waals surface area contributed by atoms with Gasteiger partial charge in [-0.1, -0.05) is 23.7 Å². The zero-order valence-electron chi connectivity index (χ0n) is 10.8. The molecule has 2 N–H and O–H groups in total. The second-order valence-corrected chi connectivity index (χ2v) is 5.05. The average molecular weight is 265 g/mol. The Morgan fingerprint density at radius 3 is 2.67 bits per heavy atom. The third-order valence-corrected chi connectivity index (χ3v) is 3.33. The van der Waals surface area contributed by atoms with Crippen molar-refractivity contribution in [2.24, 2.45) is 5.73 Å². The SMILES string of the molecule is Cc1ccc(C(N)c2ncnn2C(C)C)cc1Cl. The lowest BCUT2D eigenvalue weighted by Crippen LogP contribution is -2.19. The van der Waals surface area contributed by atoms with Crippen molar-refractivity contribution in [1.29, 1.82) is 0 Å². The predicted molar refractivity (Wildman–Crippen MR) is 72.6 cm³/mol. The lowest BCUT2D eigenvalue weighted by Gasteiger charge is -2.16. The largest absolute Gasteiger partial charge is 0.318 e. The summed E-state index contributed by atoms with van der Waals surface area (Å²) in [4.78, 5) is 4.25. The first-order valence-electron chi connectivity index (χ1n) is 5.91. The molecule has 1 unspecified atom stereocenters. The summed E-state index contributed by atoms with van der Waals surface area (Å²) >= 11 is 6.12. The second-order valence-electron chi connectivity index (χ2n) is 4.64. The Hall–Kier alpha value is -1.39. The zero-order chi connectivity index (χ0) is 13.3. The topological polar surface area (TPSA) is 56.7 Å². The number of hydrogen-bond acceptors (Lipinski definition) is 3. The summed E-state index contributed by atoms with van der Waals surface area (Å²) in [5, 5.41) is 4.92. The molecule has 18 heavy (non-hydrogen) atoms. The Kier molecular flexibility index (Phi) is 3.68. The lowest BCUT2D eigenvalue weighted by molar-refractivity contribution is 0.494. The van der Waals surface area contributed by atoms with Gasteiger partial charge in [0.2, 0.25) is 0 Å². The van der Waals surface area contributed by atoms with E-state index in [4.69, 9.17) is 17.3 Å². The highest BCUT2D eigenvalue weighted by Gasteiger charge is 2.17. The zero-order valence-corrected chi connectivity index (χ0v) is 11.5. The molecule has 1 aromatic heterocycles. The first kappa shape index (κ1) is 13.1. The number of benzene rings is 1. The maximum atomic E-state index is 6.24. The van der Waals surface area contributed by atoms with E-state index < -0.39 is 0 Å². The summed E-state index contributed by atoms with van der Waals surface area (Å²) in [7, 11) is 0. The van der Waals surface area contributed by atoms with Crippen LogP contribution in [-0.4, -0.2) is 14.8 Å². The summed E-state index contributed by atoms with van der Waals surface area (Å²) in [5.74, 6) is 0.755. The van der Waals surface area contributed by atoms with Crippen LogP contribution in [0.3, 0.4) is 0 Å². The van der Waals surface area contributed by atoms with E-state index in [9.17, 15) is 0 Å². The molecule has 2 aromatic rings. The molecule has 1 atom stereocenters. The normalized spacial score (nSPS) is 13.0. The van der Waals surface area contributed by atoms with Crippen LogP contribution in [0.5, 0.6) is 0 Å². The molecule has 5 heteroatoms. The van der Waals surface area contributed by atoms with E-state index in [1.165, 1.54) is 6.33 Å². The molecule has 0 fully saturated rings. The Bertz CT molecular complexity index is 548. The van der Waals surface area contributed by atoms with Crippen molar-refractivity contribution in [3.63, 3.8) is 0 Å². The van der Waals surface area contributed by atoms with Gasteiger partial charge in [0, 0.05) is 11.1 Å². The minimum absolute atomic E-state index is 0.231. The quantitative estimate of drug-likeness (QED) is 0.927. The van der Waals surface area contributed by atoms with Crippen LogP contribution >= 0.6 is 11.6 Å². The van der Waals surface area contributed by atoms with Crippen molar-refractivity contribution in [3.05, 3.63) is 46.5 Å². The minimum Gasteiger partial charge on any atom is -0.318 e. The molecule has 4 nitrogen and oxygen atoms in total. The number of aryl methyl sites for hydroxylation is 1. The number of halogens is 1. The Morgan fingerprint density at radius 1 is 1.33 bits per heavy atom. The van der Waals surface area contributed by atoms with E-state index in [0.717, 1.165) is 22.0 Å². The number of aromatic nitrogens is 3. The van der Waals surface area contributed by atoms with Gasteiger partial charge in [-0.3, -0.25) is 0 Å². The number of hydrogen-bond donors (Lipinski definition) is 1. The first-order valence-corrected chi connectivity index (χ1v) is 6.29. The molecule has 0 spiro atoms. The molecular formula is C13H17ClN4. The highest BCUT2D eigenvalue weighted by Crippen LogP contribution is 2.24. The lowest BCUT2D eigenvalue weighted by atomic mass is 10.1. The van der Waals surface area contributed by atoms with E-state index in [2.05, 4.69) is 10.1 Å². The van der Waals surface area contributed by atoms with E-state index in [1.54, 1.807) is 0 Å². The summed E-state index contributed by atoms with van der Waals surface area (Å²) in [6.07, 6.45) is 1.53. The number of nitrogens with two attached hydrogens (primary N) is 1. The minimum atomic E-state index is -0.312. The maximum Gasteiger partial charge on any atom is 0.148 e. The van der Waals surface area contributed by atoms with Crippen LogP contribution in [0.25, 0.3) is 0 Å². The molecule has 0 aliphatic carbocycles. The van der Waals surface area contributed by atoms with Gasteiger partial charge in [-0.15, -0.1) is 0 Å². The third-order valence-electron chi connectivity index (χ3n) is 2.92. The maximum absolute atomic E-state index is 6.24. The van der Waals surface area contributed by atoms with Crippen molar-refractivity contribution >= 4 is 11.6 Å². The molecule has 96 valence electrons. The molecule has 0 saturated heterocycles. The second kappa shape index (κ2) is 5.08. The van der Waals surface area contributed by atoms with Crippen LogP contribution in [0, 0.1) is 6.92 Å². The molecule has 0 aliphatic heterocycles.